The molecule has 0 aliphatic carbocycles. The van der Waals surface area contributed by atoms with Crippen molar-refractivity contribution < 1.29 is 14.9 Å². The van der Waals surface area contributed by atoms with Crippen molar-refractivity contribution >= 4 is 47.0 Å². The largest absolute Gasteiger partial charge is 0.396 e. The molecular weight excluding hydrogens is 320 g/mol. The molecule has 0 heterocycles. The molecule has 0 aliphatic heterocycles. The lowest BCUT2D eigenvalue weighted by molar-refractivity contribution is 0.167. The zero-order valence-electron chi connectivity index (χ0n) is 11.4. The minimum atomic E-state index is 0.286. The second-order valence-corrected chi connectivity index (χ2v) is 8.41. The Kier molecular flexibility index (Phi) is 20.6. The van der Waals surface area contributed by atoms with Crippen LogP contribution in [0.5, 0.6) is 0 Å². The molecule has 0 unspecified atom stereocenters. The van der Waals surface area contributed by atoms with Crippen LogP contribution in [0.1, 0.15) is 0 Å². The summed E-state index contributed by atoms with van der Waals surface area (Å²) in [6.07, 6.45) is 0. The van der Waals surface area contributed by atoms with E-state index in [0.717, 1.165) is 59.2 Å². The van der Waals surface area contributed by atoms with Gasteiger partial charge in [0.1, 0.15) is 0 Å². The molecule has 3 nitrogen and oxygen atoms in total. The smallest absolute Gasteiger partial charge is 0.0557 e. The minimum Gasteiger partial charge on any atom is -0.396 e. The molecule has 2 N–H and O–H groups in total. The third-order valence-corrected chi connectivity index (χ3v) is 6.30. The van der Waals surface area contributed by atoms with Crippen molar-refractivity contribution in [2.45, 2.75) is 0 Å². The topological polar surface area (TPSA) is 49.7 Å². The van der Waals surface area contributed by atoms with Gasteiger partial charge in [-0.25, -0.2) is 0 Å². The third-order valence-electron chi connectivity index (χ3n) is 1.96. The number of hydrogen-bond acceptors (Lipinski definition) is 7. The monoisotopic (exact) mass is 346 g/mol. The van der Waals surface area contributed by atoms with Gasteiger partial charge in [0.05, 0.1) is 26.4 Å². The van der Waals surface area contributed by atoms with Crippen LogP contribution >= 0.6 is 47.0 Å². The molecule has 0 amide bonds. The average Bonchev–Trinajstić information content (AvgIpc) is 2.43. The van der Waals surface area contributed by atoms with Gasteiger partial charge >= 0.3 is 0 Å². The molecule has 116 valence electrons. The van der Waals surface area contributed by atoms with E-state index in [4.69, 9.17) is 14.9 Å². The van der Waals surface area contributed by atoms with E-state index >= 15 is 0 Å². The van der Waals surface area contributed by atoms with E-state index in [9.17, 15) is 0 Å². The first-order chi connectivity index (χ1) is 9.41. The van der Waals surface area contributed by atoms with Gasteiger partial charge in [-0.15, -0.1) is 0 Å². The number of rotatable bonds is 16. The van der Waals surface area contributed by atoms with E-state index in [-0.39, 0.29) is 13.2 Å². The highest BCUT2D eigenvalue weighted by Crippen LogP contribution is 2.08. The third kappa shape index (κ3) is 19.3. The van der Waals surface area contributed by atoms with Crippen LogP contribution in [0.25, 0.3) is 0 Å². The second-order valence-electron chi connectivity index (χ2n) is 3.51. The van der Waals surface area contributed by atoms with Gasteiger partial charge in [0.15, 0.2) is 0 Å². The van der Waals surface area contributed by atoms with E-state index in [1.165, 1.54) is 0 Å². The van der Waals surface area contributed by atoms with E-state index in [1.807, 2.05) is 23.5 Å². The van der Waals surface area contributed by atoms with Crippen molar-refractivity contribution in [1.29, 1.82) is 0 Å². The molecule has 7 heteroatoms. The van der Waals surface area contributed by atoms with Crippen molar-refractivity contribution in [1.82, 2.24) is 0 Å². The van der Waals surface area contributed by atoms with Gasteiger partial charge in [0, 0.05) is 46.0 Å². The number of aliphatic hydroxyl groups is 2. The van der Waals surface area contributed by atoms with Crippen molar-refractivity contribution in [2.24, 2.45) is 0 Å². The Labute approximate surface area is 134 Å². The fourth-order valence-electron chi connectivity index (χ4n) is 1.11. The minimum absolute atomic E-state index is 0.286. The fourth-order valence-corrected chi connectivity index (χ4v) is 4.54. The summed E-state index contributed by atoms with van der Waals surface area (Å²) in [7, 11) is 0. The molecule has 0 bridgehead atoms. The van der Waals surface area contributed by atoms with E-state index < -0.39 is 0 Å². The van der Waals surface area contributed by atoms with E-state index in [1.54, 1.807) is 23.5 Å². The summed E-state index contributed by atoms with van der Waals surface area (Å²) >= 11 is 7.45. The van der Waals surface area contributed by atoms with Crippen LogP contribution in [-0.4, -0.2) is 82.7 Å². The molecule has 0 saturated carbocycles. The number of hydrogen-bond donors (Lipinski definition) is 2. The van der Waals surface area contributed by atoms with Crippen LogP contribution in [0, 0.1) is 0 Å². The predicted octanol–water partition coefficient (Wildman–Crippen LogP) is 1.92. The first-order valence-corrected chi connectivity index (χ1v) is 11.1. The van der Waals surface area contributed by atoms with E-state index in [2.05, 4.69) is 0 Å². The molecule has 0 aromatic heterocycles. The first kappa shape index (κ1) is 20.3. The van der Waals surface area contributed by atoms with Crippen molar-refractivity contribution in [3.8, 4) is 0 Å². The van der Waals surface area contributed by atoms with Gasteiger partial charge in [-0.2, -0.15) is 47.0 Å². The van der Waals surface area contributed by atoms with Gasteiger partial charge in [-0.05, 0) is 0 Å². The molecule has 19 heavy (non-hydrogen) atoms. The van der Waals surface area contributed by atoms with Crippen LogP contribution in [0.15, 0.2) is 0 Å². The van der Waals surface area contributed by atoms with Crippen molar-refractivity contribution in [3.63, 3.8) is 0 Å². The lowest BCUT2D eigenvalue weighted by atomic mass is 10.8. The molecule has 0 radical (unpaired) electrons. The van der Waals surface area contributed by atoms with E-state index in [0.29, 0.717) is 0 Å². The maximum atomic E-state index is 8.61. The van der Waals surface area contributed by atoms with Crippen LogP contribution < -0.4 is 0 Å². The molecule has 0 spiro atoms. The molecule has 0 fully saturated rings. The Balaban J connectivity index is 2.88. The fraction of sp³-hybridized carbons (Fsp3) is 1.00. The van der Waals surface area contributed by atoms with Crippen LogP contribution in [0.4, 0.5) is 0 Å². The molecule has 0 aliphatic rings. The Bertz CT molecular complexity index is 148. The zero-order valence-corrected chi connectivity index (χ0v) is 14.7. The van der Waals surface area contributed by atoms with Gasteiger partial charge in [-0.3, -0.25) is 0 Å². The maximum Gasteiger partial charge on any atom is 0.0557 e. The molecule has 0 saturated heterocycles. The summed E-state index contributed by atoms with van der Waals surface area (Å²) in [6.45, 7) is 2.26. The highest BCUT2D eigenvalue weighted by molar-refractivity contribution is 8.03. The molecule has 0 aromatic carbocycles. The van der Waals surface area contributed by atoms with Crippen molar-refractivity contribution in [3.05, 3.63) is 0 Å². The maximum absolute atomic E-state index is 8.61. The summed E-state index contributed by atoms with van der Waals surface area (Å²) < 4.78 is 5.55. The summed E-state index contributed by atoms with van der Waals surface area (Å²) in [5.41, 5.74) is 0. The van der Waals surface area contributed by atoms with Crippen LogP contribution in [0.2, 0.25) is 0 Å². The lowest BCUT2D eigenvalue weighted by Gasteiger charge is -2.04. The zero-order chi connectivity index (χ0) is 14.0. The molecule has 0 atom stereocenters. The van der Waals surface area contributed by atoms with Gasteiger partial charge in [0.25, 0.3) is 0 Å². The van der Waals surface area contributed by atoms with Gasteiger partial charge < -0.3 is 14.9 Å². The SMILES string of the molecule is OCCSCCSCCOCCSCCSCCO. The van der Waals surface area contributed by atoms with Gasteiger partial charge in [0.2, 0.25) is 0 Å². The Hall–Kier alpha value is 1.28. The van der Waals surface area contributed by atoms with Crippen LogP contribution in [-0.2, 0) is 4.74 Å². The van der Waals surface area contributed by atoms with Gasteiger partial charge in [-0.1, -0.05) is 0 Å². The Morgan fingerprint density at radius 1 is 0.526 bits per heavy atom. The Morgan fingerprint density at radius 2 is 0.895 bits per heavy atom. The highest BCUT2D eigenvalue weighted by Gasteiger charge is 1.94. The predicted molar refractivity (Wildman–Crippen MR) is 94.3 cm³/mol. The Morgan fingerprint density at radius 3 is 1.26 bits per heavy atom. The molecule has 0 rings (SSSR count). The summed E-state index contributed by atoms with van der Waals surface area (Å²) in [5, 5.41) is 17.2. The van der Waals surface area contributed by atoms with Crippen LogP contribution in [0.3, 0.4) is 0 Å². The summed E-state index contributed by atoms with van der Waals surface area (Å²) in [5.74, 6) is 8.36. The van der Waals surface area contributed by atoms with Crippen molar-refractivity contribution in [2.75, 3.05) is 72.5 Å². The average molecular weight is 347 g/mol. The summed E-state index contributed by atoms with van der Waals surface area (Å²) in [6, 6.07) is 0. The lowest BCUT2D eigenvalue weighted by Crippen LogP contribution is -2.03. The first-order valence-electron chi connectivity index (χ1n) is 6.52. The second kappa shape index (κ2) is 19.3. The highest BCUT2D eigenvalue weighted by atomic mass is 32.2. The molecular formula is C12H26O3S4. The summed E-state index contributed by atoms with van der Waals surface area (Å²) in [4.78, 5) is 0. The quantitative estimate of drug-likeness (QED) is 0.414. The number of thioether (sulfide) groups is 4. The number of aliphatic hydroxyl groups excluding tert-OH is 2. The normalized spacial score (nSPS) is 11.1. The number of ether oxygens (including phenoxy) is 1. The molecule has 0 aromatic rings. The standard InChI is InChI=1S/C12H26O3S4/c13-1-5-16-9-11-18-7-3-15-4-8-19-12-10-17-6-2-14/h13-14H,1-12H2.